The SMILES string of the molecule is CCc1cc2c(cc3n2C[C@@](C)(C(=O)NC2CCCCCC2)N(Cc2cccc(OC)c2)C3=O)s1. The Morgan fingerprint density at radius 2 is 1.94 bits per heavy atom. The molecule has 6 nitrogen and oxygen atoms in total. The topological polar surface area (TPSA) is 63.6 Å². The fraction of sp³-hybridized carbons (Fsp3) is 0.500. The number of benzene rings is 1. The summed E-state index contributed by atoms with van der Waals surface area (Å²) in [5, 5.41) is 3.35. The Morgan fingerprint density at radius 1 is 1.17 bits per heavy atom. The second kappa shape index (κ2) is 9.69. The highest BCUT2D eigenvalue weighted by Gasteiger charge is 2.48. The van der Waals surface area contributed by atoms with E-state index in [1.54, 1.807) is 23.3 Å². The number of ether oxygens (including phenoxy) is 1. The van der Waals surface area contributed by atoms with E-state index in [0.717, 1.165) is 53.6 Å². The van der Waals surface area contributed by atoms with Crippen LogP contribution in [0.15, 0.2) is 36.4 Å². The van der Waals surface area contributed by atoms with Gasteiger partial charge >= 0.3 is 0 Å². The molecule has 0 radical (unpaired) electrons. The molecule has 0 bridgehead atoms. The first-order valence-electron chi connectivity index (χ1n) is 12.8. The molecule has 1 saturated carbocycles. The zero-order chi connectivity index (χ0) is 24.6. The lowest BCUT2D eigenvalue weighted by Gasteiger charge is -2.44. The van der Waals surface area contributed by atoms with Crippen LogP contribution in [0.3, 0.4) is 0 Å². The first-order chi connectivity index (χ1) is 16.9. The molecule has 1 aliphatic heterocycles. The van der Waals surface area contributed by atoms with Crippen LogP contribution in [0.1, 0.15) is 73.3 Å². The molecule has 186 valence electrons. The van der Waals surface area contributed by atoms with E-state index in [1.807, 2.05) is 37.3 Å². The lowest BCUT2D eigenvalue weighted by atomic mass is 9.93. The van der Waals surface area contributed by atoms with Gasteiger partial charge in [0.1, 0.15) is 17.0 Å². The molecule has 2 aliphatic rings. The zero-order valence-corrected chi connectivity index (χ0v) is 21.7. The minimum Gasteiger partial charge on any atom is -0.497 e. The summed E-state index contributed by atoms with van der Waals surface area (Å²) in [4.78, 5) is 31.0. The van der Waals surface area contributed by atoms with Gasteiger partial charge in [-0.1, -0.05) is 44.7 Å². The van der Waals surface area contributed by atoms with E-state index in [-0.39, 0.29) is 17.9 Å². The summed E-state index contributed by atoms with van der Waals surface area (Å²) in [6, 6.07) is 12.1. The molecule has 1 aromatic carbocycles. The monoisotopic (exact) mass is 493 g/mol. The molecule has 35 heavy (non-hydrogen) atoms. The highest BCUT2D eigenvalue weighted by atomic mass is 32.1. The van der Waals surface area contributed by atoms with Crippen molar-refractivity contribution in [2.45, 2.75) is 83.5 Å². The number of rotatable bonds is 6. The number of nitrogens with zero attached hydrogens (tertiary/aromatic N) is 2. The van der Waals surface area contributed by atoms with E-state index in [0.29, 0.717) is 18.8 Å². The van der Waals surface area contributed by atoms with Gasteiger partial charge in [-0.3, -0.25) is 9.59 Å². The molecular weight excluding hydrogens is 458 g/mol. The Bertz CT molecular complexity index is 1240. The van der Waals surface area contributed by atoms with Gasteiger partial charge in [-0.05, 0) is 56.0 Å². The van der Waals surface area contributed by atoms with E-state index in [4.69, 9.17) is 4.74 Å². The number of aryl methyl sites for hydroxylation is 1. The predicted molar refractivity (Wildman–Crippen MR) is 140 cm³/mol. The van der Waals surface area contributed by atoms with E-state index in [9.17, 15) is 9.59 Å². The van der Waals surface area contributed by atoms with Crippen LogP contribution in [0.2, 0.25) is 0 Å². The second-order valence-corrected chi connectivity index (χ2v) is 11.3. The molecule has 3 aromatic rings. The number of amides is 2. The summed E-state index contributed by atoms with van der Waals surface area (Å²) in [6.45, 7) is 4.87. The van der Waals surface area contributed by atoms with Crippen molar-refractivity contribution in [2.24, 2.45) is 0 Å². The molecule has 0 unspecified atom stereocenters. The molecule has 2 amide bonds. The predicted octanol–water partition coefficient (Wildman–Crippen LogP) is 5.53. The van der Waals surface area contributed by atoms with Gasteiger partial charge in [0.15, 0.2) is 0 Å². The molecule has 1 aliphatic carbocycles. The summed E-state index contributed by atoms with van der Waals surface area (Å²) in [6.07, 6.45) is 7.73. The highest BCUT2D eigenvalue weighted by molar-refractivity contribution is 7.19. The number of carbonyl (C=O) groups excluding carboxylic acids is 2. The van der Waals surface area contributed by atoms with Gasteiger partial charge in [0.05, 0.1) is 23.9 Å². The zero-order valence-electron chi connectivity index (χ0n) is 20.9. The maximum Gasteiger partial charge on any atom is 0.271 e. The minimum absolute atomic E-state index is 0.0564. The van der Waals surface area contributed by atoms with Crippen molar-refractivity contribution < 1.29 is 14.3 Å². The Hall–Kier alpha value is -2.80. The van der Waals surface area contributed by atoms with Crippen LogP contribution in [-0.4, -0.2) is 40.0 Å². The lowest BCUT2D eigenvalue weighted by Crippen LogP contribution is -2.64. The molecule has 7 heteroatoms. The van der Waals surface area contributed by atoms with Gasteiger partial charge in [-0.15, -0.1) is 11.3 Å². The van der Waals surface area contributed by atoms with Gasteiger partial charge in [0.25, 0.3) is 5.91 Å². The second-order valence-electron chi connectivity index (χ2n) is 10.1. The fourth-order valence-corrected chi connectivity index (χ4v) is 6.57. The Labute approximate surface area is 211 Å². The van der Waals surface area contributed by atoms with Crippen molar-refractivity contribution in [1.82, 2.24) is 14.8 Å². The Morgan fingerprint density at radius 3 is 2.66 bits per heavy atom. The third-order valence-corrected chi connectivity index (χ3v) is 8.89. The van der Waals surface area contributed by atoms with E-state index in [2.05, 4.69) is 22.9 Å². The van der Waals surface area contributed by atoms with Crippen LogP contribution >= 0.6 is 11.3 Å². The van der Waals surface area contributed by atoms with Crippen molar-refractivity contribution in [3.63, 3.8) is 0 Å². The van der Waals surface area contributed by atoms with Gasteiger partial charge in [-0.25, -0.2) is 0 Å². The lowest BCUT2D eigenvalue weighted by molar-refractivity contribution is -0.134. The number of hydrogen-bond acceptors (Lipinski definition) is 4. The highest BCUT2D eigenvalue weighted by Crippen LogP contribution is 2.37. The molecule has 1 N–H and O–H groups in total. The van der Waals surface area contributed by atoms with Crippen LogP contribution in [-0.2, 0) is 24.3 Å². The standard InChI is InChI=1S/C28H35N3O3S/c1-4-22-15-23-25(35-22)16-24-26(32)31(17-19-10-9-13-21(14-19)34-3)28(2,18-30(23)24)27(33)29-20-11-7-5-6-8-12-20/h9-10,13-16,20H,4-8,11-12,17-18H2,1-3H3,(H,29,33)/t28-/m0/s1. The summed E-state index contributed by atoms with van der Waals surface area (Å²) in [5.41, 5.74) is 1.67. The molecule has 0 saturated heterocycles. The van der Waals surface area contributed by atoms with E-state index >= 15 is 0 Å². The summed E-state index contributed by atoms with van der Waals surface area (Å²) in [5.74, 6) is 0.589. The van der Waals surface area contributed by atoms with Gasteiger partial charge in [-0.2, -0.15) is 0 Å². The number of carbonyl (C=O) groups is 2. The number of methoxy groups -OCH3 is 1. The third-order valence-electron chi connectivity index (χ3n) is 7.67. The summed E-state index contributed by atoms with van der Waals surface area (Å²) < 4.78 is 8.59. The first-order valence-corrected chi connectivity index (χ1v) is 13.6. The summed E-state index contributed by atoms with van der Waals surface area (Å²) >= 11 is 1.73. The molecule has 5 rings (SSSR count). The van der Waals surface area contributed by atoms with Crippen LogP contribution in [0, 0.1) is 0 Å². The number of thiophene rings is 1. The summed E-state index contributed by atoms with van der Waals surface area (Å²) in [7, 11) is 1.64. The largest absolute Gasteiger partial charge is 0.497 e. The van der Waals surface area contributed by atoms with Crippen molar-refractivity contribution >= 4 is 33.4 Å². The van der Waals surface area contributed by atoms with E-state index in [1.165, 1.54) is 17.7 Å². The van der Waals surface area contributed by atoms with Crippen molar-refractivity contribution in [3.8, 4) is 5.75 Å². The van der Waals surface area contributed by atoms with Crippen molar-refractivity contribution in [1.29, 1.82) is 0 Å². The van der Waals surface area contributed by atoms with Gasteiger partial charge in [0, 0.05) is 17.5 Å². The molecule has 3 heterocycles. The number of nitrogens with one attached hydrogen (secondary N) is 1. The van der Waals surface area contributed by atoms with E-state index < -0.39 is 5.54 Å². The Balaban J connectivity index is 1.53. The molecule has 0 spiro atoms. The normalized spacial score (nSPS) is 21.1. The molecule has 1 atom stereocenters. The van der Waals surface area contributed by atoms with Crippen molar-refractivity contribution in [3.05, 3.63) is 52.5 Å². The molecule has 2 aromatic heterocycles. The minimum atomic E-state index is -1.00. The smallest absolute Gasteiger partial charge is 0.271 e. The Kier molecular flexibility index (Phi) is 6.62. The average molecular weight is 494 g/mol. The number of hydrogen-bond donors (Lipinski definition) is 1. The maximum atomic E-state index is 14.0. The van der Waals surface area contributed by atoms with Crippen LogP contribution in [0.5, 0.6) is 5.75 Å². The van der Waals surface area contributed by atoms with Crippen LogP contribution in [0.25, 0.3) is 10.2 Å². The average Bonchev–Trinajstić information content (AvgIpc) is 3.30. The number of aromatic nitrogens is 1. The maximum absolute atomic E-state index is 14.0. The van der Waals surface area contributed by atoms with Crippen molar-refractivity contribution in [2.75, 3.05) is 7.11 Å². The molecular formula is C28H35N3O3S. The fourth-order valence-electron chi connectivity index (χ4n) is 5.53. The van der Waals surface area contributed by atoms with Crippen LogP contribution < -0.4 is 10.1 Å². The van der Waals surface area contributed by atoms with Gasteiger partial charge in [0.2, 0.25) is 5.91 Å². The van der Waals surface area contributed by atoms with Crippen LogP contribution in [0.4, 0.5) is 0 Å². The number of fused-ring (bicyclic) bond motifs is 3. The molecule has 1 fully saturated rings. The third kappa shape index (κ3) is 4.46. The first kappa shape index (κ1) is 23.9. The van der Waals surface area contributed by atoms with Gasteiger partial charge < -0.3 is 19.5 Å². The quantitative estimate of drug-likeness (QED) is 0.460.